The lowest BCUT2D eigenvalue weighted by molar-refractivity contribution is 0.0678. The molecule has 0 spiro atoms. The van der Waals surface area contributed by atoms with Crippen molar-refractivity contribution in [2.24, 2.45) is 5.92 Å². The van der Waals surface area contributed by atoms with Gasteiger partial charge in [0.05, 0.1) is 17.9 Å². The van der Waals surface area contributed by atoms with Crippen molar-refractivity contribution in [3.8, 4) is 0 Å². The zero-order valence-electron chi connectivity index (χ0n) is 15.7. The van der Waals surface area contributed by atoms with E-state index in [0.29, 0.717) is 13.2 Å². The SMILES string of the molecule is Cc1noc(C)c1CSc1ccccc1C(=O)N(C)CCOCC1CC1. The number of rotatable bonds is 9. The summed E-state index contributed by atoms with van der Waals surface area (Å²) in [6.45, 7) is 5.88. The number of thioether (sulfide) groups is 1. The Morgan fingerprint density at radius 3 is 2.81 bits per heavy atom. The van der Waals surface area contributed by atoms with E-state index in [1.807, 2.05) is 45.2 Å². The third-order valence-corrected chi connectivity index (χ3v) is 5.74. The molecule has 1 amide bonds. The van der Waals surface area contributed by atoms with Crippen LogP contribution in [0, 0.1) is 19.8 Å². The van der Waals surface area contributed by atoms with Gasteiger partial charge in [0.15, 0.2) is 0 Å². The predicted octanol–water partition coefficient (Wildman–Crippen LogP) is 4.08. The number of hydrogen-bond acceptors (Lipinski definition) is 5. The van der Waals surface area contributed by atoms with Crippen molar-refractivity contribution in [2.75, 3.05) is 26.8 Å². The van der Waals surface area contributed by atoms with Gasteiger partial charge >= 0.3 is 0 Å². The van der Waals surface area contributed by atoms with Gasteiger partial charge in [0.25, 0.3) is 5.91 Å². The highest BCUT2D eigenvalue weighted by Crippen LogP contribution is 2.30. The standard InChI is InChI=1S/C20H26N2O3S/c1-14-18(15(2)25-21-14)13-26-19-7-5-4-6-17(19)20(23)22(3)10-11-24-12-16-8-9-16/h4-7,16H,8-13H2,1-3H3. The van der Waals surface area contributed by atoms with Crippen LogP contribution < -0.4 is 0 Å². The molecule has 1 saturated carbocycles. The number of carbonyl (C=O) groups is 1. The minimum Gasteiger partial charge on any atom is -0.379 e. The second-order valence-corrected chi connectivity index (χ2v) is 7.85. The Bertz CT molecular complexity index is 736. The molecule has 0 N–H and O–H groups in total. The molecule has 1 fully saturated rings. The molecule has 0 atom stereocenters. The van der Waals surface area contributed by atoms with Gasteiger partial charge in [-0.2, -0.15) is 0 Å². The Morgan fingerprint density at radius 1 is 1.35 bits per heavy atom. The average Bonchev–Trinajstić information content (AvgIpc) is 3.42. The van der Waals surface area contributed by atoms with E-state index in [4.69, 9.17) is 9.26 Å². The number of carbonyl (C=O) groups excluding carboxylic acids is 1. The van der Waals surface area contributed by atoms with Gasteiger partial charge < -0.3 is 14.2 Å². The molecule has 0 saturated heterocycles. The van der Waals surface area contributed by atoms with E-state index in [1.54, 1.807) is 16.7 Å². The second-order valence-electron chi connectivity index (χ2n) is 6.83. The summed E-state index contributed by atoms with van der Waals surface area (Å²) in [5.41, 5.74) is 2.73. The van der Waals surface area contributed by atoms with Gasteiger partial charge in [0.2, 0.25) is 0 Å². The molecule has 1 aliphatic rings. The Balaban J connectivity index is 1.58. The van der Waals surface area contributed by atoms with Crippen LogP contribution in [0.15, 0.2) is 33.7 Å². The van der Waals surface area contributed by atoms with Crippen LogP contribution >= 0.6 is 11.8 Å². The second kappa shape index (κ2) is 8.73. The molecule has 3 rings (SSSR count). The molecule has 1 aromatic heterocycles. The van der Waals surface area contributed by atoms with Crippen LogP contribution in [0.1, 0.15) is 40.2 Å². The minimum atomic E-state index is 0.0295. The zero-order valence-corrected chi connectivity index (χ0v) is 16.5. The lowest BCUT2D eigenvalue weighted by Crippen LogP contribution is -2.30. The molecular weight excluding hydrogens is 348 g/mol. The van der Waals surface area contributed by atoms with Crippen LogP contribution in [0.2, 0.25) is 0 Å². The molecule has 6 heteroatoms. The molecule has 0 bridgehead atoms. The fourth-order valence-electron chi connectivity index (χ4n) is 2.67. The summed E-state index contributed by atoms with van der Waals surface area (Å²) in [6.07, 6.45) is 2.56. The molecule has 0 aliphatic heterocycles. The molecule has 26 heavy (non-hydrogen) atoms. The van der Waals surface area contributed by atoms with Gasteiger partial charge in [-0.15, -0.1) is 11.8 Å². The van der Waals surface area contributed by atoms with Crippen LogP contribution in [0.25, 0.3) is 0 Å². The maximum absolute atomic E-state index is 12.8. The highest BCUT2D eigenvalue weighted by Gasteiger charge is 2.21. The first-order chi connectivity index (χ1) is 12.6. The summed E-state index contributed by atoms with van der Waals surface area (Å²) in [5, 5.41) is 4.00. The normalized spacial score (nSPS) is 13.8. The molecule has 1 aromatic carbocycles. The van der Waals surface area contributed by atoms with Gasteiger partial charge in [-0.25, -0.2) is 0 Å². The maximum Gasteiger partial charge on any atom is 0.254 e. The quantitative estimate of drug-likeness (QED) is 0.489. The van der Waals surface area contributed by atoms with Crippen LogP contribution in [0.5, 0.6) is 0 Å². The highest BCUT2D eigenvalue weighted by atomic mass is 32.2. The number of hydrogen-bond donors (Lipinski definition) is 0. The Morgan fingerprint density at radius 2 is 2.12 bits per heavy atom. The van der Waals surface area contributed by atoms with Crippen molar-refractivity contribution >= 4 is 17.7 Å². The van der Waals surface area contributed by atoms with E-state index >= 15 is 0 Å². The van der Waals surface area contributed by atoms with E-state index in [-0.39, 0.29) is 5.91 Å². The zero-order chi connectivity index (χ0) is 18.5. The van der Waals surface area contributed by atoms with Crippen molar-refractivity contribution in [2.45, 2.75) is 37.3 Å². The lowest BCUT2D eigenvalue weighted by atomic mass is 10.2. The fraction of sp³-hybridized carbons (Fsp3) is 0.500. The summed E-state index contributed by atoms with van der Waals surface area (Å²) in [6, 6.07) is 7.75. The van der Waals surface area contributed by atoms with Crippen molar-refractivity contribution in [1.82, 2.24) is 10.1 Å². The molecule has 0 unspecified atom stereocenters. The summed E-state index contributed by atoms with van der Waals surface area (Å²) < 4.78 is 10.9. The Labute approximate surface area is 159 Å². The smallest absolute Gasteiger partial charge is 0.254 e. The van der Waals surface area contributed by atoms with Crippen LogP contribution in [0.4, 0.5) is 0 Å². The molecule has 2 aromatic rings. The van der Waals surface area contributed by atoms with Gasteiger partial charge in [-0.05, 0) is 44.7 Å². The van der Waals surface area contributed by atoms with Crippen molar-refractivity contribution in [3.63, 3.8) is 0 Å². The van der Waals surface area contributed by atoms with E-state index in [9.17, 15) is 4.79 Å². The number of likely N-dealkylation sites (N-methyl/N-ethyl adjacent to an activating group) is 1. The average molecular weight is 375 g/mol. The van der Waals surface area contributed by atoms with Gasteiger partial charge in [-0.1, -0.05) is 17.3 Å². The molecule has 1 aliphatic carbocycles. The Hall–Kier alpha value is -1.79. The molecule has 5 nitrogen and oxygen atoms in total. The largest absolute Gasteiger partial charge is 0.379 e. The van der Waals surface area contributed by atoms with Gasteiger partial charge in [-0.3, -0.25) is 4.79 Å². The number of nitrogens with zero attached hydrogens (tertiary/aromatic N) is 2. The van der Waals surface area contributed by atoms with Gasteiger partial charge in [0.1, 0.15) is 5.76 Å². The first kappa shape index (κ1) is 19.0. The molecule has 140 valence electrons. The molecular formula is C20H26N2O3S. The van der Waals surface area contributed by atoms with Crippen molar-refractivity contribution in [3.05, 3.63) is 46.8 Å². The van der Waals surface area contributed by atoms with E-state index in [1.165, 1.54) is 12.8 Å². The number of benzene rings is 1. The lowest BCUT2D eigenvalue weighted by Gasteiger charge is -2.19. The fourth-order valence-corrected chi connectivity index (χ4v) is 3.87. The molecule has 1 heterocycles. The Kier molecular flexibility index (Phi) is 6.38. The number of aryl methyl sites for hydroxylation is 2. The topological polar surface area (TPSA) is 55.6 Å². The highest BCUT2D eigenvalue weighted by molar-refractivity contribution is 7.98. The van der Waals surface area contributed by atoms with E-state index in [0.717, 1.165) is 45.8 Å². The van der Waals surface area contributed by atoms with Crippen LogP contribution in [-0.4, -0.2) is 42.8 Å². The maximum atomic E-state index is 12.8. The first-order valence-corrected chi connectivity index (χ1v) is 10.0. The number of ether oxygens (including phenoxy) is 1. The summed E-state index contributed by atoms with van der Waals surface area (Å²) in [5.74, 6) is 2.35. The minimum absolute atomic E-state index is 0.0295. The van der Waals surface area contributed by atoms with E-state index < -0.39 is 0 Å². The third kappa shape index (κ3) is 4.89. The summed E-state index contributed by atoms with van der Waals surface area (Å²) in [4.78, 5) is 15.5. The van der Waals surface area contributed by atoms with Gasteiger partial charge in [0, 0.05) is 36.4 Å². The predicted molar refractivity (Wildman–Crippen MR) is 102 cm³/mol. The van der Waals surface area contributed by atoms with Crippen molar-refractivity contribution in [1.29, 1.82) is 0 Å². The summed E-state index contributed by atoms with van der Waals surface area (Å²) >= 11 is 1.64. The number of amides is 1. The first-order valence-electron chi connectivity index (χ1n) is 9.03. The number of aromatic nitrogens is 1. The molecule has 0 radical (unpaired) electrons. The van der Waals surface area contributed by atoms with Crippen LogP contribution in [-0.2, 0) is 10.5 Å². The monoisotopic (exact) mass is 374 g/mol. The van der Waals surface area contributed by atoms with E-state index in [2.05, 4.69) is 5.16 Å². The van der Waals surface area contributed by atoms with Crippen molar-refractivity contribution < 1.29 is 14.1 Å². The summed E-state index contributed by atoms with van der Waals surface area (Å²) in [7, 11) is 1.83. The van der Waals surface area contributed by atoms with Crippen LogP contribution in [0.3, 0.4) is 0 Å². The third-order valence-electron chi connectivity index (χ3n) is 4.64.